The van der Waals surface area contributed by atoms with Gasteiger partial charge in [0.2, 0.25) is 5.90 Å². The van der Waals surface area contributed by atoms with E-state index in [-0.39, 0.29) is 5.70 Å². The van der Waals surface area contributed by atoms with Crippen LogP contribution in [0.5, 0.6) is 5.75 Å². The van der Waals surface area contributed by atoms with E-state index in [0.29, 0.717) is 18.3 Å². The summed E-state index contributed by atoms with van der Waals surface area (Å²) >= 11 is 10.6. The molecular weight excluding hydrogens is 650 g/mol. The lowest BCUT2D eigenvalue weighted by molar-refractivity contribution is -0.129. The summed E-state index contributed by atoms with van der Waals surface area (Å²) in [4.78, 5) is 17.0. The number of ether oxygens (including phenoxy) is 2. The predicted molar refractivity (Wildman–Crippen MR) is 153 cm³/mol. The Morgan fingerprint density at radius 3 is 2.06 bits per heavy atom. The normalized spacial score (nSPS) is 14.0. The maximum atomic E-state index is 12.5. The molecule has 0 radical (unpaired) electrons. The highest BCUT2D eigenvalue weighted by atomic mass is 79.9. The van der Waals surface area contributed by atoms with Crippen LogP contribution in [0.15, 0.2) is 115 Å². The molecule has 0 aliphatic carbocycles. The molecule has 0 saturated carbocycles. The Morgan fingerprint density at radius 2 is 1.39 bits per heavy atom. The van der Waals surface area contributed by atoms with Gasteiger partial charge in [0.1, 0.15) is 12.4 Å². The van der Waals surface area contributed by atoms with Gasteiger partial charge in [-0.25, -0.2) is 9.79 Å². The van der Waals surface area contributed by atoms with Gasteiger partial charge >= 0.3 is 5.97 Å². The summed E-state index contributed by atoms with van der Waals surface area (Å²) in [6.07, 6.45) is 1.70. The van der Waals surface area contributed by atoms with Crippen LogP contribution in [-0.4, -0.2) is 11.9 Å². The number of carbonyl (C=O) groups excluding carboxylic acids is 1. The Kier molecular flexibility index (Phi) is 7.51. The number of benzene rings is 4. The molecule has 0 spiro atoms. The van der Waals surface area contributed by atoms with Crippen molar-refractivity contribution < 1.29 is 14.3 Å². The van der Waals surface area contributed by atoms with Crippen molar-refractivity contribution in [1.82, 2.24) is 0 Å². The van der Waals surface area contributed by atoms with Gasteiger partial charge in [-0.3, -0.25) is 0 Å². The maximum Gasteiger partial charge on any atom is 0.363 e. The Labute approximate surface area is 234 Å². The van der Waals surface area contributed by atoms with Crippen molar-refractivity contribution in [3.63, 3.8) is 0 Å². The van der Waals surface area contributed by atoms with Gasteiger partial charge in [0.15, 0.2) is 5.70 Å². The number of nitrogens with zero attached hydrogens (tertiary/aromatic N) is 1. The average Bonchev–Trinajstić information content (AvgIpc) is 3.25. The van der Waals surface area contributed by atoms with Gasteiger partial charge in [-0.2, -0.15) is 0 Å². The first-order valence-corrected chi connectivity index (χ1v) is 13.4. The van der Waals surface area contributed by atoms with Gasteiger partial charge in [-0.15, -0.1) is 0 Å². The Morgan fingerprint density at radius 1 is 0.778 bits per heavy atom. The summed E-state index contributed by atoms with van der Waals surface area (Å²) in [5.74, 6) is 0.482. The average molecular weight is 668 g/mol. The molecule has 5 rings (SSSR count). The molecular formula is C29H18Br3NO3. The van der Waals surface area contributed by atoms with Crippen LogP contribution >= 0.6 is 47.8 Å². The fourth-order valence-corrected chi connectivity index (χ4v) is 5.38. The fraction of sp³-hybridized carbons (Fsp3) is 0.0345. The van der Waals surface area contributed by atoms with Gasteiger partial charge < -0.3 is 9.47 Å². The highest BCUT2D eigenvalue weighted by Crippen LogP contribution is 2.36. The molecule has 7 heteroatoms. The molecule has 0 amide bonds. The van der Waals surface area contributed by atoms with Crippen LogP contribution in [0.1, 0.15) is 16.7 Å². The molecule has 0 atom stereocenters. The van der Waals surface area contributed by atoms with Crippen LogP contribution in [-0.2, 0) is 16.1 Å². The van der Waals surface area contributed by atoms with Gasteiger partial charge in [0, 0.05) is 10.0 Å². The molecule has 4 aromatic carbocycles. The lowest BCUT2D eigenvalue weighted by atomic mass is 10.0. The molecule has 1 heterocycles. The summed E-state index contributed by atoms with van der Waals surface area (Å²) in [5.41, 5.74) is 5.01. The third kappa shape index (κ3) is 5.69. The van der Waals surface area contributed by atoms with E-state index in [1.54, 1.807) is 6.08 Å². The van der Waals surface area contributed by atoms with Gasteiger partial charge in [0.05, 0.1) is 8.95 Å². The number of aliphatic imine (C=N–C) groups is 1. The van der Waals surface area contributed by atoms with Crippen LogP contribution in [0, 0.1) is 0 Å². The SMILES string of the molecule is O=C1OC(c2ccc(-c3ccccc3)cc2)=N/C1=C\c1cc(Br)c(OCc2ccc(Br)cc2)c(Br)c1. The zero-order chi connectivity index (χ0) is 25.1. The van der Waals surface area contributed by atoms with E-state index in [4.69, 9.17) is 9.47 Å². The van der Waals surface area contributed by atoms with Crippen molar-refractivity contribution in [1.29, 1.82) is 0 Å². The standard InChI is InChI=1S/C29H18Br3NO3/c30-23-12-6-18(7-13-23)17-35-27-24(31)14-19(15-25(27)32)16-26-29(34)36-28(33-26)22-10-8-21(9-11-22)20-4-2-1-3-5-20/h1-16H,17H2/b26-16-. The lowest BCUT2D eigenvalue weighted by Crippen LogP contribution is -2.05. The number of esters is 1. The topological polar surface area (TPSA) is 47.9 Å². The highest BCUT2D eigenvalue weighted by molar-refractivity contribution is 9.11. The maximum absolute atomic E-state index is 12.5. The molecule has 178 valence electrons. The number of cyclic esters (lactones) is 1. The minimum absolute atomic E-state index is 0.236. The third-order valence-electron chi connectivity index (χ3n) is 5.48. The molecule has 0 N–H and O–H groups in total. The molecule has 36 heavy (non-hydrogen) atoms. The number of halogens is 3. The molecule has 4 nitrogen and oxygen atoms in total. The quantitative estimate of drug-likeness (QED) is 0.153. The van der Waals surface area contributed by atoms with Crippen LogP contribution in [0.3, 0.4) is 0 Å². The largest absolute Gasteiger partial charge is 0.487 e. The first-order valence-electron chi connectivity index (χ1n) is 11.0. The highest BCUT2D eigenvalue weighted by Gasteiger charge is 2.24. The van der Waals surface area contributed by atoms with Crippen molar-refractivity contribution in [2.75, 3.05) is 0 Å². The van der Waals surface area contributed by atoms with Crippen molar-refractivity contribution in [2.45, 2.75) is 6.61 Å². The second kappa shape index (κ2) is 10.9. The third-order valence-corrected chi connectivity index (χ3v) is 7.19. The first-order chi connectivity index (χ1) is 17.5. The number of carbonyl (C=O) groups is 1. The van der Waals surface area contributed by atoms with Crippen molar-refractivity contribution in [2.24, 2.45) is 4.99 Å². The molecule has 0 saturated heterocycles. The summed E-state index contributed by atoms with van der Waals surface area (Å²) in [6.45, 7) is 0.425. The number of hydrogen-bond donors (Lipinski definition) is 0. The van der Waals surface area contributed by atoms with Crippen molar-refractivity contribution in [3.8, 4) is 16.9 Å². The van der Waals surface area contributed by atoms with E-state index in [2.05, 4.69) is 64.9 Å². The van der Waals surface area contributed by atoms with Crippen LogP contribution in [0.2, 0.25) is 0 Å². The minimum Gasteiger partial charge on any atom is -0.487 e. The molecule has 4 aromatic rings. The van der Waals surface area contributed by atoms with Crippen LogP contribution in [0.4, 0.5) is 0 Å². The van der Waals surface area contributed by atoms with Gasteiger partial charge in [0.25, 0.3) is 0 Å². The monoisotopic (exact) mass is 665 g/mol. The Balaban J connectivity index is 1.33. The second-order valence-electron chi connectivity index (χ2n) is 8.01. The van der Waals surface area contributed by atoms with Crippen LogP contribution < -0.4 is 4.74 Å². The fourth-order valence-electron chi connectivity index (χ4n) is 3.66. The Hall–Kier alpha value is -3.00. The molecule has 0 bridgehead atoms. The zero-order valence-corrected chi connectivity index (χ0v) is 23.5. The summed E-state index contributed by atoms with van der Waals surface area (Å²) in [6, 6.07) is 29.6. The second-order valence-corrected chi connectivity index (χ2v) is 10.6. The molecule has 1 aliphatic heterocycles. The molecule has 0 unspecified atom stereocenters. The van der Waals surface area contributed by atoms with E-state index >= 15 is 0 Å². The number of rotatable bonds is 6. The van der Waals surface area contributed by atoms with E-state index < -0.39 is 5.97 Å². The first kappa shape index (κ1) is 24.7. The molecule has 1 aliphatic rings. The molecule has 0 aromatic heterocycles. The van der Waals surface area contributed by atoms with E-state index in [9.17, 15) is 4.79 Å². The smallest absolute Gasteiger partial charge is 0.363 e. The number of hydrogen-bond acceptors (Lipinski definition) is 4. The van der Waals surface area contributed by atoms with E-state index in [1.807, 2.05) is 78.9 Å². The Bertz CT molecular complexity index is 1460. The van der Waals surface area contributed by atoms with Crippen molar-refractivity contribution in [3.05, 3.63) is 127 Å². The predicted octanol–water partition coefficient (Wildman–Crippen LogP) is 8.56. The summed E-state index contributed by atoms with van der Waals surface area (Å²) in [7, 11) is 0. The van der Waals surface area contributed by atoms with Crippen LogP contribution in [0.25, 0.3) is 17.2 Å². The van der Waals surface area contributed by atoms with E-state index in [1.165, 1.54) is 0 Å². The minimum atomic E-state index is -0.486. The van der Waals surface area contributed by atoms with Crippen molar-refractivity contribution >= 4 is 65.7 Å². The summed E-state index contributed by atoms with van der Waals surface area (Å²) in [5, 5.41) is 0. The molecule has 0 fully saturated rings. The zero-order valence-electron chi connectivity index (χ0n) is 18.8. The summed E-state index contributed by atoms with van der Waals surface area (Å²) < 4.78 is 14.0. The lowest BCUT2D eigenvalue weighted by Gasteiger charge is -2.11. The van der Waals surface area contributed by atoms with Gasteiger partial charge in [-0.05, 0) is 96.6 Å². The van der Waals surface area contributed by atoms with E-state index in [0.717, 1.165) is 41.2 Å². The van der Waals surface area contributed by atoms with Gasteiger partial charge in [-0.1, -0.05) is 70.5 Å².